The Kier molecular flexibility index (Phi) is 7.61. The number of hydrogen-bond acceptors (Lipinski definition) is 1. The normalized spacial score (nSPS) is 29.2. The Labute approximate surface area is 124 Å². The van der Waals surface area contributed by atoms with Crippen molar-refractivity contribution in [3.05, 3.63) is 0 Å². The molecule has 0 atom stereocenters. The summed E-state index contributed by atoms with van der Waals surface area (Å²) in [7, 11) is 0. The largest absolute Gasteiger partial charge is 0.333 e. The van der Waals surface area contributed by atoms with Crippen LogP contribution >= 0.6 is 0 Å². The van der Waals surface area contributed by atoms with Gasteiger partial charge in [0, 0.05) is 25.9 Å². The topological polar surface area (TPSA) is 7.68 Å². The molecular weight excluding hydrogens is 244 g/mol. The van der Waals surface area contributed by atoms with Crippen LogP contribution in [-0.2, 0) is 0 Å². The smallest absolute Gasteiger partial charge is 0.0882 e. The average molecular weight is 273 g/mol. The van der Waals surface area contributed by atoms with Crippen molar-refractivity contribution >= 4 is 0 Å². The van der Waals surface area contributed by atoms with Crippen LogP contribution in [0.25, 0.3) is 0 Å². The van der Waals surface area contributed by atoms with Crippen molar-refractivity contribution < 1.29 is 4.90 Å². The monoisotopic (exact) mass is 273 g/mol. The Morgan fingerprint density at radius 1 is 0.550 bits per heavy atom. The van der Waals surface area contributed by atoms with Gasteiger partial charge in [-0.2, -0.15) is 0 Å². The summed E-state index contributed by atoms with van der Waals surface area (Å²) in [6.45, 7) is 7.22. The highest BCUT2D eigenvalue weighted by Crippen LogP contribution is 2.03. The maximum absolute atomic E-state index is 3.37. The third-order valence-electron chi connectivity index (χ3n) is 4.32. The lowest BCUT2D eigenvalue weighted by molar-refractivity contribution is -0.899. The SMILES string of the molecule is C1#CCC[NH+]2CCC#CCCN(CC1)CCCCCC2. The fraction of sp³-hybridized carbons (Fsp3) is 0.778. The second kappa shape index (κ2) is 9.87. The average Bonchev–Trinajstić information content (AvgIpc) is 2.47. The molecule has 3 heterocycles. The summed E-state index contributed by atoms with van der Waals surface area (Å²) in [5.74, 6) is 13.5. The lowest BCUT2D eigenvalue weighted by atomic mass is 10.1. The van der Waals surface area contributed by atoms with E-state index in [0.717, 1.165) is 38.8 Å². The van der Waals surface area contributed by atoms with Crippen molar-refractivity contribution in [2.24, 2.45) is 0 Å². The quantitative estimate of drug-likeness (QED) is 0.654. The molecule has 1 N–H and O–H groups in total. The van der Waals surface area contributed by atoms with Crippen molar-refractivity contribution in [1.29, 1.82) is 0 Å². The van der Waals surface area contributed by atoms with Crippen LogP contribution in [0.15, 0.2) is 0 Å². The minimum absolute atomic E-state index is 1.03. The van der Waals surface area contributed by atoms with Gasteiger partial charge in [-0.1, -0.05) is 18.3 Å². The molecular formula is C18H29N2+. The van der Waals surface area contributed by atoms with Crippen LogP contribution in [0.1, 0.15) is 51.4 Å². The lowest BCUT2D eigenvalue weighted by Crippen LogP contribution is -3.12. The highest BCUT2D eigenvalue weighted by molar-refractivity contribution is 5.01. The lowest BCUT2D eigenvalue weighted by Gasteiger charge is -2.21. The molecule has 110 valence electrons. The van der Waals surface area contributed by atoms with Crippen LogP contribution in [0, 0.1) is 23.7 Å². The van der Waals surface area contributed by atoms with E-state index in [2.05, 4.69) is 28.6 Å². The molecule has 0 aromatic heterocycles. The van der Waals surface area contributed by atoms with Crippen LogP contribution in [0.3, 0.4) is 0 Å². The molecule has 3 aliphatic rings. The third kappa shape index (κ3) is 6.47. The van der Waals surface area contributed by atoms with Gasteiger partial charge in [-0.15, -0.1) is 11.8 Å². The fourth-order valence-electron chi connectivity index (χ4n) is 3.03. The third-order valence-corrected chi connectivity index (χ3v) is 4.32. The summed E-state index contributed by atoms with van der Waals surface area (Å²) >= 11 is 0. The van der Waals surface area contributed by atoms with Crippen LogP contribution in [0.4, 0.5) is 0 Å². The Bertz CT molecular complexity index is 318. The van der Waals surface area contributed by atoms with E-state index in [4.69, 9.17) is 0 Å². The molecule has 0 aromatic carbocycles. The van der Waals surface area contributed by atoms with E-state index in [1.165, 1.54) is 51.9 Å². The van der Waals surface area contributed by atoms with Crippen molar-refractivity contribution in [3.63, 3.8) is 0 Å². The van der Waals surface area contributed by atoms with E-state index in [1.807, 2.05) is 0 Å². The molecule has 0 unspecified atom stereocenters. The van der Waals surface area contributed by atoms with E-state index < -0.39 is 0 Å². The first-order valence-electron chi connectivity index (χ1n) is 8.42. The van der Waals surface area contributed by atoms with Crippen molar-refractivity contribution in [2.75, 3.05) is 39.3 Å². The Balaban J connectivity index is 2.02. The molecule has 0 radical (unpaired) electrons. The molecule has 0 amide bonds. The zero-order valence-corrected chi connectivity index (χ0v) is 12.8. The standard InChI is InChI=1S/C18H28N2/c1-2-8-14-20-17-11-5-3-9-15-19(13-7-1)16-10-4-6-12-18-20/h1-2,7-18H2/p+1. The first-order valence-corrected chi connectivity index (χ1v) is 8.42. The molecule has 0 saturated heterocycles. The van der Waals surface area contributed by atoms with Gasteiger partial charge in [0.15, 0.2) is 0 Å². The molecule has 2 nitrogen and oxygen atoms in total. The molecule has 0 fully saturated rings. The van der Waals surface area contributed by atoms with Gasteiger partial charge in [-0.05, 0) is 25.8 Å². The van der Waals surface area contributed by atoms with Gasteiger partial charge in [-0.3, -0.25) is 0 Å². The second-order valence-corrected chi connectivity index (χ2v) is 5.96. The maximum atomic E-state index is 3.37. The number of nitrogens with zero attached hydrogens (tertiary/aromatic N) is 1. The Hall–Kier alpha value is -0.960. The molecule has 20 heavy (non-hydrogen) atoms. The predicted molar refractivity (Wildman–Crippen MR) is 84.5 cm³/mol. The summed E-state index contributed by atoms with van der Waals surface area (Å²) in [6.07, 6.45) is 9.68. The van der Waals surface area contributed by atoms with Crippen LogP contribution < -0.4 is 4.90 Å². The molecule has 3 rings (SSSR count). The number of rotatable bonds is 0. The molecule has 3 aliphatic heterocycles. The van der Waals surface area contributed by atoms with Gasteiger partial charge in [0.25, 0.3) is 0 Å². The van der Waals surface area contributed by atoms with E-state index in [0.29, 0.717) is 0 Å². The number of quaternary nitrogens is 1. The molecule has 0 aliphatic carbocycles. The summed E-state index contributed by atoms with van der Waals surface area (Å²) < 4.78 is 0. The summed E-state index contributed by atoms with van der Waals surface area (Å²) in [5, 5.41) is 0. The van der Waals surface area contributed by atoms with Gasteiger partial charge < -0.3 is 9.80 Å². The number of fused-ring (bicyclic) bond motifs is 13. The summed E-state index contributed by atoms with van der Waals surface area (Å²) in [6, 6.07) is 0. The van der Waals surface area contributed by atoms with Gasteiger partial charge in [-0.25, -0.2) is 0 Å². The number of hydrogen-bond donors (Lipinski definition) is 1. The molecule has 0 spiro atoms. The highest BCUT2D eigenvalue weighted by Gasteiger charge is 2.08. The minimum atomic E-state index is 1.03. The maximum Gasteiger partial charge on any atom is 0.0882 e. The van der Waals surface area contributed by atoms with Gasteiger partial charge in [0.05, 0.1) is 32.5 Å². The van der Waals surface area contributed by atoms with Gasteiger partial charge >= 0.3 is 0 Å². The van der Waals surface area contributed by atoms with Gasteiger partial charge in [0.1, 0.15) is 0 Å². The van der Waals surface area contributed by atoms with E-state index in [9.17, 15) is 0 Å². The Morgan fingerprint density at radius 2 is 1.15 bits per heavy atom. The van der Waals surface area contributed by atoms with E-state index in [-0.39, 0.29) is 0 Å². The molecule has 0 saturated carbocycles. The summed E-state index contributed by atoms with van der Waals surface area (Å²) in [4.78, 5) is 4.28. The van der Waals surface area contributed by atoms with E-state index in [1.54, 1.807) is 4.90 Å². The predicted octanol–water partition coefficient (Wildman–Crippen LogP) is 1.33. The Morgan fingerprint density at radius 3 is 1.85 bits per heavy atom. The second-order valence-electron chi connectivity index (χ2n) is 5.96. The van der Waals surface area contributed by atoms with E-state index >= 15 is 0 Å². The molecule has 0 aromatic rings. The van der Waals surface area contributed by atoms with Crippen LogP contribution in [0.5, 0.6) is 0 Å². The van der Waals surface area contributed by atoms with Crippen molar-refractivity contribution in [3.8, 4) is 23.7 Å². The first kappa shape index (κ1) is 15.4. The zero-order chi connectivity index (χ0) is 13.9. The minimum Gasteiger partial charge on any atom is -0.333 e. The highest BCUT2D eigenvalue weighted by atomic mass is 15.1. The molecule has 2 bridgehead atoms. The van der Waals surface area contributed by atoms with Crippen LogP contribution in [0.2, 0.25) is 0 Å². The first-order chi connectivity index (χ1) is 9.95. The summed E-state index contributed by atoms with van der Waals surface area (Å²) in [5.41, 5.74) is 0. The number of nitrogens with one attached hydrogen (secondary N) is 1. The fourth-order valence-corrected chi connectivity index (χ4v) is 3.03. The molecule has 2 heteroatoms. The zero-order valence-electron chi connectivity index (χ0n) is 12.8. The van der Waals surface area contributed by atoms with Crippen LogP contribution in [-0.4, -0.2) is 44.2 Å². The van der Waals surface area contributed by atoms with Crippen molar-refractivity contribution in [1.82, 2.24) is 4.90 Å². The van der Waals surface area contributed by atoms with Gasteiger partial charge in [0.2, 0.25) is 0 Å². The van der Waals surface area contributed by atoms with Crippen molar-refractivity contribution in [2.45, 2.75) is 51.4 Å².